The number of benzene rings is 1. The molecule has 2 unspecified atom stereocenters. The number of carbonyl (C=O) groups excluding carboxylic acids is 1. The summed E-state index contributed by atoms with van der Waals surface area (Å²) in [6.07, 6.45) is 6.41. The third-order valence-electron chi connectivity index (χ3n) is 4.37. The first kappa shape index (κ1) is 17.4. The zero-order chi connectivity index (χ0) is 16.7. The van der Waals surface area contributed by atoms with E-state index in [2.05, 4.69) is 0 Å². The first-order chi connectivity index (χ1) is 11.1. The molecule has 1 N–H and O–H groups in total. The van der Waals surface area contributed by atoms with Gasteiger partial charge in [-0.05, 0) is 36.5 Å². The van der Waals surface area contributed by atoms with Crippen LogP contribution in [0.15, 0.2) is 42.0 Å². The fourth-order valence-electron chi connectivity index (χ4n) is 3.02. The van der Waals surface area contributed by atoms with Crippen LogP contribution in [-0.2, 0) is 14.3 Å². The molecule has 0 bridgehead atoms. The summed E-state index contributed by atoms with van der Waals surface area (Å²) < 4.78 is 5.18. The molecule has 4 heteroatoms. The molecule has 2 atom stereocenters. The summed E-state index contributed by atoms with van der Waals surface area (Å²) in [5.74, 6) is -1.03. The van der Waals surface area contributed by atoms with Crippen LogP contribution in [0.3, 0.4) is 0 Å². The van der Waals surface area contributed by atoms with E-state index in [4.69, 9.17) is 4.74 Å². The standard InChI is InChI=1S/C19H24O4/c1-23-16-12-15(18(20)13-16)10-6-3-7-11-17(19(21)22)14-8-4-2-5-9-14/h2,4-5,8-9,12,16-17H,3,6-7,10-11,13H2,1H3,(H,21,22). The van der Waals surface area contributed by atoms with E-state index in [1.807, 2.05) is 36.4 Å². The average molecular weight is 316 g/mol. The van der Waals surface area contributed by atoms with E-state index >= 15 is 0 Å². The van der Waals surface area contributed by atoms with E-state index in [0.717, 1.165) is 36.8 Å². The lowest BCUT2D eigenvalue weighted by atomic mass is 9.93. The Kier molecular flexibility index (Phi) is 6.53. The molecule has 23 heavy (non-hydrogen) atoms. The fraction of sp³-hybridized carbons (Fsp3) is 0.474. The molecule has 0 fully saturated rings. The van der Waals surface area contributed by atoms with Gasteiger partial charge in [-0.3, -0.25) is 9.59 Å². The lowest BCUT2D eigenvalue weighted by Gasteiger charge is -2.12. The van der Waals surface area contributed by atoms with Crippen molar-refractivity contribution in [3.8, 4) is 0 Å². The van der Waals surface area contributed by atoms with Crippen LogP contribution in [0.1, 0.15) is 50.0 Å². The summed E-state index contributed by atoms with van der Waals surface area (Å²) in [5.41, 5.74) is 1.73. The van der Waals surface area contributed by atoms with Crippen LogP contribution >= 0.6 is 0 Å². The SMILES string of the molecule is COC1C=C(CCCCCC(C(=O)O)c2ccccc2)C(=O)C1. The predicted molar refractivity (Wildman–Crippen MR) is 88.4 cm³/mol. The van der Waals surface area contributed by atoms with Crippen molar-refractivity contribution in [2.45, 2.75) is 50.5 Å². The molecular formula is C19H24O4. The summed E-state index contributed by atoms with van der Waals surface area (Å²) >= 11 is 0. The number of carbonyl (C=O) groups is 2. The maximum Gasteiger partial charge on any atom is 0.310 e. The van der Waals surface area contributed by atoms with Gasteiger partial charge in [-0.1, -0.05) is 43.2 Å². The second-order valence-corrected chi connectivity index (χ2v) is 5.99. The molecule has 0 saturated heterocycles. The second kappa shape index (κ2) is 8.63. The highest BCUT2D eigenvalue weighted by molar-refractivity contribution is 5.98. The maximum atomic E-state index is 11.8. The van der Waals surface area contributed by atoms with Gasteiger partial charge in [-0.2, -0.15) is 0 Å². The Hall–Kier alpha value is -1.94. The minimum atomic E-state index is -0.771. The highest BCUT2D eigenvalue weighted by Crippen LogP contribution is 2.25. The van der Waals surface area contributed by atoms with Crippen LogP contribution in [-0.4, -0.2) is 30.1 Å². The van der Waals surface area contributed by atoms with Crippen molar-refractivity contribution in [3.63, 3.8) is 0 Å². The van der Waals surface area contributed by atoms with E-state index in [0.29, 0.717) is 12.8 Å². The molecule has 0 radical (unpaired) electrons. The van der Waals surface area contributed by atoms with Crippen LogP contribution in [0.4, 0.5) is 0 Å². The number of allylic oxidation sites excluding steroid dienone is 1. The van der Waals surface area contributed by atoms with Gasteiger partial charge >= 0.3 is 5.97 Å². The number of Topliss-reactive ketones (excluding diaryl/α,β-unsaturated/α-hetero) is 1. The molecule has 4 nitrogen and oxygen atoms in total. The van der Waals surface area contributed by atoms with E-state index in [9.17, 15) is 14.7 Å². The van der Waals surface area contributed by atoms with Gasteiger partial charge in [0, 0.05) is 13.5 Å². The number of carboxylic acids is 1. The summed E-state index contributed by atoms with van der Waals surface area (Å²) in [6, 6.07) is 9.37. The van der Waals surface area contributed by atoms with Crippen molar-refractivity contribution >= 4 is 11.8 Å². The Labute approximate surface area is 137 Å². The Morgan fingerprint density at radius 1 is 1.26 bits per heavy atom. The summed E-state index contributed by atoms with van der Waals surface area (Å²) in [5, 5.41) is 9.38. The summed E-state index contributed by atoms with van der Waals surface area (Å²) in [6.45, 7) is 0. The molecule has 124 valence electrons. The van der Waals surface area contributed by atoms with E-state index in [1.54, 1.807) is 7.11 Å². The van der Waals surface area contributed by atoms with Gasteiger partial charge < -0.3 is 9.84 Å². The first-order valence-corrected chi connectivity index (χ1v) is 8.16. The molecule has 1 aliphatic rings. The number of methoxy groups -OCH3 is 1. The Morgan fingerprint density at radius 3 is 2.61 bits per heavy atom. The minimum absolute atomic E-state index is 0.0630. The molecule has 1 aliphatic carbocycles. The van der Waals surface area contributed by atoms with Crippen molar-refractivity contribution in [2.24, 2.45) is 0 Å². The quantitative estimate of drug-likeness (QED) is 0.705. The monoisotopic (exact) mass is 316 g/mol. The van der Waals surface area contributed by atoms with Crippen LogP contribution in [0.25, 0.3) is 0 Å². The zero-order valence-corrected chi connectivity index (χ0v) is 13.5. The fourth-order valence-corrected chi connectivity index (χ4v) is 3.02. The summed E-state index contributed by atoms with van der Waals surface area (Å²) in [4.78, 5) is 23.2. The number of aliphatic carboxylic acids is 1. The second-order valence-electron chi connectivity index (χ2n) is 5.99. The lowest BCUT2D eigenvalue weighted by molar-refractivity contribution is -0.139. The van der Waals surface area contributed by atoms with Gasteiger partial charge in [-0.25, -0.2) is 0 Å². The largest absolute Gasteiger partial charge is 0.481 e. The molecule has 2 rings (SSSR count). The topological polar surface area (TPSA) is 63.6 Å². The molecule has 0 aliphatic heterocycles. The Balaban J connectivity index is 1.74. The number of rotatable bonds is 9. The number of unbranched alkanes of at least 4 members (excludes halogenated alkanes) is 2. The molecule has 0 heterocycles. The number of carboxylic acid groups (broad SMARTS) is 1. The number of ketones is 1. The number of hydrogen-bond acceptors (Lipinski definition) is 3. The summed E-state index contributed by atoms with van der Waals surface area (Å²) in [7, 11) is 1.62. The molecule has 0 spiro atoms. The number of hydrogen-bond donors (Lipinski definition) is 1. The highest BCUT2D eigenvalue weighted by Gasteiger charge is 2.23. The third-order valence-corrected chi connectivity index (χ3v) is 4.37. The third kappa shape index (κ3) is 5.03. The van der Waals surface area contributed by atoms with E-state index in [-0.39, 0.29) is 11.9 Å². The van der Waals surface area contributed by atoms with Crippen molar-refractivity contribution in [1.29, 1.82) is 0 Å². The lowest BCUT2D eigenvalue weighted by Crippen LogP contribution is -2.11. The molecule has 1 aromatic rings. The van der Waals surface area contributed by atoms with Crippen LogP contribution in [0, 0.1) is 0 Å². The van der Waals surface area contributed by atoms with Gasteiger partial charge in [0.2, 0.25) is 0 Å². The smallest absolute Gasteiger partial charge is 0.310 e. The van der Waals surface area contributed by atoms with Crippen LogP contribution < -0.4 is 0 Å². The van der Waals surface area contributed by atoms with Gasteiger partial charge in [0.25, 0.3) is 0 Å². The minimum Gasteiger partial charge on any atom is -0.481 e. The zero-order valence-electron chi connectivity index (χ0n) is 13.5. The number of ether oxygens (including phenoxy) is 1. The normalized spacial score (nSPS) is 18.7. The molecular weight excluding hydrogens is 292 g/mol. The van der Waals surface area contributed by atoms with Gasteiger partial charge in [0.05, 0.1) is 12.0 Å². The van der Waals surface area contributed by atoms with E-state index in [1.165, 1.54) is 0 Å². The van der Waals surface area contributed by atoms with Gasteiger partial charge in [-0.15, -0.1) is 0 Å². The van der Waals surface area contributed by atoms with Crippen molar-refractivity contribution < 1.29 is 19.4 Å². The van der Waals surface area contributed by atoms with E-state index < -0.39 is 11.9 Å². The highest BCUT2D eigenvalue weighted by atomic mass is 16.5. The van der Waals surface area contributed by atoms with Crippen molar-refractivity contribution in [2.75, 3.05) is 7.11 Å². The van der Waals surface area contributed by atoms with Crippen molar-refractivity contribution in [3.05, 3.63) is 47.5 Å². The molecule has 0 saturated carbocycles. The van der Waals surface area contributed by atoms with Crippen LogP contribution in [0.5, 0.6) is 0 Å². The first-order valence-electron chi connectivity index (χ1n) is 8.16. The average Bonchev–Trinajstić information content (AvgIpc) is 2.91. The predicted octanol–water partition coefficient (Wildman–Crippen LogP) is 3.72. The van der Waals surface area contributed by atoms with Gasteiger partial charge in [0.1, 0.15) is 0 Å². The molecule has 1 aromatic carbocycles. The maximum absolute atomic E-state index is 11.8. The Morgan fingerprint density at radius 2 is 2.00 bits per heavy atom. The Bertz CT molecular complexity index is 562. The van der Waals surface area contributed by atoms with Crippen LogP contribution in [0.2, 0.25) is 0 Å². The van der Waals surface area contributed by atoms with Crippen molar-refractivity contribution in [1.82, 2.24) is 0 Å². The van der Waals surface area contributed by atoms with Gasteiger partial charge in [0.15, 0.2) is 5.78 Å². The molecule has 0 amide bonds. The molecule has 0 aromatic heterocycles.